The van der Waals surface area contributed by atoms with Gasteiger partial charge >= 0.3 is 70.3 Å². The third-order valence-electron chi connectivity index (χ3n) is 9.14. The first-order valence-electron chi connectivity index (χ1n) is 15.6. The monoisotopic (exact) mass is 710 g/mol. The Morgan fingerprint density at radius 3 is 1.58 bits per heavy atom. The van der Waals surface area contributed by atoms with Crippen molar-refractivity contribution in [1.82, 2.24) is 0 Å². The molecule has 7 rings (SSSR count). The molecule has 3 heteroatoms. The minimum Gasteiger partial charge on any atom is -1.00 e. The first-order chi connectivity index (χ1) is 20.1. The van der Waals surface area contributed by atoms with Crippen molar-refractivity contribution in [2.75, 3.05) is 0 Å². The average molecular weight is 713 g/mol. The quantitative estimate of drug-likeness (QED) is 0.226. The van der Waals surface area contributed by atoms with E-state index in [1.807, 2.05) is 6.07 Å². The molecule has 0 saturated heterocycles. The molecule has 0 N–H and O–H groups in total. The smallest absolute Gasteiger partial charge is 1.00 e. The summed E-state index contributed by atoms with van der Waals surface area (Å²) < 4.78 is 1.46. The molecule has 0 aliphatic heterocycles. The Hall–Kier alpha value is -2.18. The van der Waals surface area contributed by atoms with E-state index in [0.29, 0.717) is 5.41 Å². The molecule has 4 aromatic carbocycles. The summed E-state index contributed by atoms with van der Waals surface area (Å²) in [6, 6.07) is 22.6. The van der Waals surface area contributed by atoms with Gasteiger partial charge in [-0.05, 0) is 36.1 Å². The van der Waals surface area contributed by atoms with Gasteiger partial charge in [0.1, 0.15) is 0 Å². The number of hydrogen-bond donors (Lipinski definition) is 0. The Kier molecular flexibility index (Phi) is 11.5. The molecule has 0 radical (unpaired) electrons. The van der Waals surface area contributed by atoms with Crippen LogP contribution in [-0.4, -0.2) is 3.21 Å². The number of benzene rings is 3. The molecular weight excluding hydrogens is 667 g/mol. The second-order valence-corrected chi connectivity index (χ2v) is 16.5. The van der Waals surface area contributed by atoms with E-state index in [4.69, 9.17) is 0 Å². The topological polar surface area (TPSA) is 0 Å². The Labute approximate surface area is 299 Å². The van der Waals surface area contributed by atoms with Crippen molar-refractivity contribution in [2.24, 2.45) is 5.41 Å². The molecule has 0 aromatic heterocycles. The van der Waals surface area contributed by atoms with E-state index in [1.54, 1.807) is 0 Å². The second-order valence-electron chi connectivity index (χ2n) is 14.7. The van der Waals surface area contributed by atoms with Crippen LogP contribution in [-0.2, 0) is 35.1 Å². The molecule has 0 amide bonds. The van der Waals surface area contributed by atoms with Crippen LogP contribution in [0.25, 0.3) is 32.7 Å². The second kappa shape index (κ2) is 13.9. The molecule has 0 saturated carbocycles. The Morgan fingerprint density at radius 2 is 1.24 bits per heavy atom. The first-order valence-corrected chi connectivity index (χ1v) is 16.8. The van der Waals surface area contributed by atoms with Crippen LogP contribution in [0.1, 0.15) is 103 Å². The van der Waals surface area contributed by atoms with Gasteiger partial charge in [-0.3, -0.25) is 6.08 Å². The van der Waals surface area contributed by atoms with E-state index in [1.165, 1.54) is 93.5 Å². The fraction of sp³-hybridized carbons (Fsp3) is 0.333. The van der Waals surface area contributed by atoms with Gasteiger partial charge in [-0.25, -0.2) is 6.08 Å². The molecule has 234 valence electrons. The van der Waals surface area contributed by atoms with Crippen molar-refractivity contribution in [3.05, 3.63) is 124 Å². The van der Waals surface area contributed by atoms with Crippen molar-refractivity contribution in [3.63, 3.8) is 0 Å². The van der Waals surface area contributed by atoms with Gasteiger partial charge in [-0.15, -0.1) is 46.2 Å². The zero-order chi connectivity index (χ0) is 31.3. The summed E-state index contributed by atoms with van der Waals surface area (Å²) in [5.74, 6) is 0. The van der Waals surface area contributed by atoms with Gasteiger partial charge in [0.25, 0.3) is 0 Å². The van der Waals surface area contributed by atoms with Crippen LogP contribution in [0.3, 0.4) is 0 Å². The summed E-state index contributed by atoms with van der Waals surface area (Å²) in [6.45, 7) is 22.6. The Balaban J connectivity index is 0.000000229. The molecule has 0 nitrogen and oxygen atoms in total. The van der Waals surface area contributed by atoms with Gasteiger partial charge in [0.2, 0.25) is 0 Å². The van der Waals surface area contributed by atoms with Gasteiger partial charge in [0.05, 0.1) is 0 Å². The molecule has 3 aliphatic rings. The van der Waals surface area contributed by atoms with E-state index < -0.39 is 0 Å². The van der Waals surface area contributed by atoms with Crippen molar-refractivity contribution in [3.8, 4) is 0 Å². The van der Waals surface area contributed by atoms with Crippen LogP contribution in [0.4, 0.5) is 0 Å². The summed E-state index contributed by atoms with van der Waals surface area (Å²) in [6.07, 6.45) is 13.3. The van der Waals surface area contributed by atoms with Crippen molar-refractivity contribution >= 4 is 35.9 Å². The number of hydrogen-bond acceptors (Lipinski definition) is 0. The number of rotatable bonds is 1. The molecule has 0 atom stereocenters. The molecule has 4 aromatic rings. The maximum Gasteiger partial charge on any atom is -1.00 e. The van der Waals surface area contributed by atoms with E-state index in [9.17, 15) is 0 Å². The van der Waals surface area contributed by atoms with Crippen molar-refractivity contribution in [1.29, 1.82) is 0 Å². The molecule has 0 bridgehead atoms. The summed E-state index contributed by atoms with van der Waals surface area (Å²) in [5, 5.41) is 5.57. The Bertz CT molecular complexity index is 1760. The number of halogens is 2. The summed E-state index contributed by atoms with van der Waals surface area (Å²) in [5.41, 5.74) is 12.0. The molecule has 3 aliphatic carbocycles. The van der Waals surface area contributed by atoms with E-state index in [0.717, 1.165) is 6.42 Å². The standard InChI is InChI=1S/C25H25.C9H13.C8H8.2ClH.Zr/c1-14-12-24(3,4)22-8-16-7-17-9-23-19(15(2)13-25(23,5)6)11-21(17)20(16)10-18(14)22;1-9(2,3)8-6-4-5-7-8;1-2-8-6-4-3-5-7-8;;;/h7-13H,1-6H3;6-7H,4H2,1-3H3;3-7H,1H3;2*1H;/q2*-1;;;;+2/p-2. The number of fused-ring (bicyclic) bond motifs is 5. The van der Waals surface area contributed by atoms with E-state index in [-0.39, 0.29) is 35.6 Å². The molecule has 0 unspecified atom stereocenters. The molecule has 0 spiro atoms. The molecular formula is C42H46Cl2Zr-2. The van der Waals surface area contributed by atoms with Crippen LogP contribution in [0.15, 0.2) is 90.5 Å². The minimum absolute atomic E-state index is 0. The maximum atomic E-state index is 3.16. The van der Waals surface area contributed by atoms with E-state index >= 15 is 0 Å². The maximum absolute atomic E-state index is 3.16. The predicted molar refractivity (Wildman–Crippen MR) is 187 cm³/mol. The normalized spacial score (nSPS) is 16.6. The van der Waals surface area contributed by atoms with Gasteiger partial charge < -0.3 is 24.8 Å². The van der Waals surface area contributed by atoms with Crippen LogP contribution < -0.4 is 24.8 Å². The van der Waals surface area contributed by atoms with E-state index in [2.05, 4.69) is 154 Å². The number of allylic oxidation sites excluding steroid dienone is 8. The zero-order valence-corrected chi connectivity index (χ0v) is 32.5. The minimum atomic E-state index is 0. The van der Waals surface area contributed by atoms with Crippen molar-refractivity contribution < 1.29 is 49.0 Å². The summed E-state index contributed by atoms with van der Waals surface area (Å²) in [7, 11) is 0. The van der Waals surface area contributed by atoms with Crippen molar-refractivity contribution in [2.45, 2.75) is 86.5 Å². The van der Waals surface area contributed by atoms with Crippen LogP contribution in [0, 0.1) is 11.5 Å². The predicted octanol–water partition coefficient (Wildman–Crippen LogP) is 5.60. The van der Waals surface area contributed by atoms with Gasteiger partial charge in [0.15, 0.2) is 0 Å². The fourth-order valence-electron chi connectivity index (χ4n) is 6.83. The summed E-state index contributed by atoms with van der Waals surface area (Å²) >= 11 is 1.51. The van der Waals surface area contributed by atoms with Gasteiger partial charge in [-0.2, -0.15) is 11.6 Å². The molecule has 0 heterocycles. The fourth-order valence-corrected chi connectivity index (χ4v) is 7.24. The van der Waals surface area contributed by atoms with Crippen LogP contribution in [0.2, 0.25) is 0 Å². The molecule has 45 heavy (non-hydrogen) atoms. The Morgan fingerprint density at radius 1 is 0.778 bits per heavy atom. The van der Waals surface area contributed by atoms with Gasteiger partial charge in [-0.1, -0.05) is 89.3 Å². The van der Waals surface area contributed by atoms with Crippen LogP contribution in [0.5, 0.6) is 0 Å². The third-order valence-corrected chi connectivity index (χ3v) is 9.85. The largest absolute Gasteiger partial charge is 1.00 e. The van der Waals surface area contributed by atoms with Gasteiger partial charge in [0, 0.05) is 10.8 Å². The zero-order valence-electron chi connectivity index (χ0n) is 28.5. The SMILES string of the molecule is CC(C)(C)C1=CC[C-]=C1.CC1=CC(C)(C)c2cc3[cH-]c4cc5c(cc4c3cc21)C(C)=CC5(C)C.C[C](=[Zr+2])c1ccccc1.[Cl-].[Cl-]. The molecule has 0 fully saturated rings. The summed E-state index contributed by atoms with van der Waals surface area (Å²) in [4.78, 5) is 0. The first kappa shape index (κ1) is 37.3. The third kappa shape index (κ3) is 7.70. The average Bonchev–Trinajstić information content (AvgIpc) is 3.68. The van der Waals surface area contributed by atoms with Crippen LogP contribution >= 0.6 is 0 Å².